The van der Waals surface area contributed by atoms with Crippen LogP contribution in [0.15, 0.2) is 41.3 Å². The zero-order chi connectivity index (χ0) is 25.5. The van der Waals surface area contributed by atoms with Crippen LogP contribution in [0.5, 0.6) is 23.0 Å². The van der Waals surface area contributed by atoms with Gasteiger partial charge in [-0.3, -0.25) is 4.79 Å². The molecule has 2 aliphatic heterocycles. The van der Waals surface area contributed by atoms with Crippen molar-refractivity contribution < 1.29 is 32.2 Å². The zero-order valence-corrected chi connectivity index (χ0v) is 21.6. The lowest BCUT2D eigenvalue weighted by atomic mass is 9.97. The average Bonchev–Trinajstić information content (AvgIpc) is 2.91. The highest BCUT2D eigenvalue weighted by Gasteiger charge is 2.33. The van der Waals surface area contributed by atoms with E-state index in [1.54, 1.807) is 24.3 Å². The van der Waals surface area contributed by atoms with E-state index in [1.807, 2.05) is 13.8 Å². The van der Waals surface area contributed by atoms with Gasteiger partial charge in [0.2, 0.25) is 15.9 Å². The fourth-order valence-electron chi connectivity index (χ4n) is 4.18. The van der Waals surface area contributed by atoms with Gasteiger partial charge in [0.25, 0.3) is 0 Å². The normalized spacial score (nSPS) is 16.4. The number of fused-ring (bicyclic) bond motifs is 1. The van der Waals surface area contributed by atoms with E-state index in [9.17, 15) is 13.2 Å². The van der Waals surface area contributed by atoms with Gasteiger partial charge in [-0.2, -0.15) is 4.31 Å². The molecule has 0 aromatic heterocycles. The van der Waals surface area contributed by atoms with E-state index in [4.69, 9.17) is 18.9 Å². The SMILES string of the molecule is CCCOc1ccc(NC(=O)C2CCN(S(=O)(=O)c3ccc4c(c3)OCCO4)CC2)cc1OCCC. The van der Waals surface area contributed by atoms with Crippen molar-refractivity contribution in [3.8, 4) is 23.0 Å². The molecule has 1 amide bonds. The second-order valence-electron chi connectivity index (χ2n) is 8.83. The molecule has 0 aliphatic carbocycles. The number of benzene rings is 2. The molecule has 10 heteroatoms. The number of nitrogens with one attached hydrogen (secondary N) is 1. The second-order valence-corrected chi connectivity index (χ2v) is 10.8. The van der Waals surface area contributed by atoms with E-state index < -0.39 is 10.0 Å². The first-order valence-electron chi connectivity index (χ1n) is 12.5. The minimum Gasteiger partial charge on any atom is -0.490 e. The fraction of sp³-hybridized carbons (Fsp3) is 0.500. The molecule has 9 nitrogen and oxygen atoms in total. The maximum atomic E-state index is 13.2. The van der Waals surface area contributed by atoms with Gasteiger partial charge in [0.15, 0.2) is 23.0 Å². The summed E-state index contributed by atoms with van der Waals surface area (Å²) in [4.78, 5) is 13.1. The van der Waals surface area contributed by atoms with Crippen molar-refractivity contribution in [1.82, 2.24) is 4.31 Å². The van der Waals surface area contributed by atoms with Crippen LogP contribution in [0.25, 0.3) is 0 Å². The number of ether oxygens (including phenoxy) is 4. The van der Waals surface area contributed by atoms with Crippen LogP contribution in [0.4, 0.5) is 5.69 Å². The van der Waals surface area contributed by atoms with Crippen LogP contribution in [0.2, 0.25) is 0 Å². The number of carbonyl (C=O) groups is 1. The van der Waals surface area contributed by atoms with Crippen LogP contribution in [0.3, 0.4) is 0 Å². The summed E-state index contributed by atoms with van der Waals surface area (Å²) in [5.41, 5.74) is 0.626. The Balaban J connectivity index is 1.37. The van der Waals surface area contributed by atoms with Crippen molar-refractivity contribution in [2.75, 3.05) is 44.8 Å². The molecule has 1 saturated heterocycles. The smallest absolute Gasteiger partial charge is 0.243 e. The Labute approximate surface area is 212 Å². The molecule has 1 N–H and O–H groups in total. The Bertz CT molecular complexity index is 1160. The fourth-order valence-corrected chi connectivity index (χ4v) is 5.66. The Kier molecular flexibility index (Phi) is 8.58. The first-order valence-corrected chi connectivity index (χ1v) is 14.0. The van der Waals surface area contributed by atoms with Gasteiger partial charge in [-0.05, 0) is 49.9 Å². The van der Waals surface area contributed by atoms with Gasteiger partial charge in [-0.25, -0.2) is 8.42 Å². The number of rotatable bonds is 10. The highest BCUT2D eigenvalue weighted by Crippen LogP contribution is 2.35. The van der Waals surface area contributed by atoms with E-state index in [-0.39, 0.29) is 29.8 Å². The molecule has 1 fully saturated rings. The Morgan fingerprint density at radius 1 is 0.944 bits per heavy atom. The molecule has 2 aliphatic rings. The number of amides is 1. The number of hydrogen-bond donors (Lipinski definition) is 1. The number of sulfonamides is 1. The highest BCUT2D eigenvalue weighted by atomic mass is 32.2. The lowest BCUT2D eigenvalue weighted by Gasteiger charge is -2.31. The third-order valence-electron chi connectivity index (χ3n) is 6.11. The number of nitrogens with zero attached hydrogens (tertiary/aromatic N) is 1. The predicted octanol–water partition coefficient (Wildman–Crippen LogP) is 4.07. The van der Waals surface area contributed by atoms with Crippen LogP contribution in [-0.4, -0.2) is 58.1 Å². The lowest BCUT2D eigenvalue weighted by Crippen LogP contribution is -2.41. The quantitative estimate of drug-likeness (QED) is 0.506. The lowest BCUT2D eigenvalue weighted by molar-refractivity contribution is -0.120. The molecular formula is C26H34N2O7S. The first-order chi connectivity index (χ1) is 17.4. The van der Waals surface area contributed by atoms with E-state index in [1.165, 1.54) is 16.4 Å². The van der Waals surface area contributed by atoms with E-state index in [0.29, 0.717) is 68.0 Å². The average molecular weight is 519 g/mol. The predicted molar refractivity (Wildman–Crippen MR) is 136 cm³/mol. The number of hydrogen-bond acceptors (Lipinski definition) is 7. The Morgan fingerprint density at radius 3 is 2.31 bits per heavy atom. The van der Waals surface area contributed by atoms with Crippen molar-refractivity contribution in [1.29, 1.82) is 0 Å². The molecule has 2 heterocycles. The molecule has 36 heavy (non-hydrogen) atoms. The number of carbonyl (C=O) groups excluding carboxylic acids is 1. The molecule has 2 aromatic carbocycles. The standard InChI is InChI=1S/C26H34N2O7S/c1-3-13-32-22-7-5-20(17-24(22)33-14-4-2)27-26(29)19-9-11-28(12-10-19)36(30,31)21-6-8-23-25(18-21)35-16-15-34-23/h5-8,17-19H,3-4,9-16H2,1-2H3,(H,27,29). The molecule has 0 saturated carbocycles. The van der Waals surface area contributed by atoms with Crippen LogP contribution >= 0.6 is 0 Å². The maximum Gasteiger partial charge on any atom is 0.243 e. The summed E-state index contributed by atoms with van der Waals surface area (Å²) in [5.74, 6) is 1.82. The van der Waals surface area contributed by atoms with Crippen LogP contribution in [0.1, 0.15) is 39.5 Å². The Morgan fingerprint density at radius 2 is 1.61 bits per heavy atom. The zero-order valence-electron chi connectivity index (χ0n) is 20.8. The van der Waals surface area contributed by atoms with Crippen LogP contribution in [-0.2, 0) is 14.8 Å². The second kappa shape index (κ2) is 11.8. The van der Waals surface area contributed by atoms with Crippen LogP contribution in [0, 0.1) is 5.92 Å². The molecular weight excluding hydrogens is 484 g/mol. The van der Waals surface area contributed by atoms with Gasteiger partial charge in [-0.15, -0.1) is 0 Å². The number of anilines is 1. The van der Waals surface area contributed by atoms with Crippen molar-refractivity contribution in [2.45, 2.75) is 44.4 Å². The molecule has 0 radical (unpaired) electrons. The summed E-state index contributed by atoms with van der Waals surface area (Å²) in [7, 11) is -3.69. The maximum absolute atomic E-state index is 13.2. The molecule has 2 aromatic rings. The summed E-state index contributed by atoms with van der Waals surface area (Å²) in [6.07, 6.45) is 2.62. The largest absolute Gasteiger partial charge is 0.490 e. The summed E-state index contributed by atoms with van der Waals surface area (Å²) in [6, 6.07) is 10.0. The summed E-state index contributed by atoms with van der Waals surface area (Å²) >= 11 is 0. The third-order valence-corrected chi connectivity index (χ3v) is 8.01. The first kappa shape index (κ1) is 26.1. The third kappa shape index (κ3) is 6.04. The molecule has 0 unspecified atom stereocenters. The molecule has 4 rings (SSSR count). The van der Waals surface area contributed by atoms with Gasteiger partial charge in [-0.1, -0.05) is 13.8 Å². The van der Waals surface area contributed by atoms with Crippen molar-refractivity contribution >= 4 is 21.6 Å². The van der Waals surface area contributed by atoms with Crippen molar-refractivity contribution in [3.63, 3.8) is 0 Å². The monoisotopic (exact) mass is 518 g/mol. The van der Waals surface area contributed by atoms with E-state index in [2.05, 4.69) is 5.32 Å². The minimum absolute atomic E-state index is 0.130. The molecule has 0 spiro atoms. The molecule has 0 atom stereocenters. The summed E-state index contributed by atoms with van der Waals surface area (Å²) < 4.78 is 50.4. The van der Waals surface area contributed by atoms with Gasteiger partial charge >= 0.3 is 0 Å². The van der Waals surface area contributed by atoms with Gasteiger partial charge < -0.3 is 24.3 Å². The van der Waals surface area contributed by atoms with Gasteiger partial charge in [0.05, 0.1) is 18.1 Å². The topological polar surface area (TPSA) is 103 Å². The summed E-state index contributed by atoms with van der Waals surface area (Å²) in [6.45, 7) is 6.56. The van der Waals surface area contributed by atoms with Crippen molar-refractivity contribution in [2.24, 2.45) is 5.92 Å². The van der Waals surface area contributed by atoms with Gasteiger partial charge in [0.1, 0.15) is 13.2 Å². The van der Waals surface area contributed by atoms with Gasteiger partial charge in [0, 0.05) is 36.8 Å². The number of piperidine rings is 1. The van der Waals surface area contributed by atoms with Crippen LogP contribution < -0.4 is 24.3 Å². The van der Waals surface area contributed by atoms with E-state index >= 15 is 0 Å². The molecule has 0 bridgehead atoms. The summed E-state index contributed by atoms with van der Waals surface area (Å²) in [5, 5.41) is 2.96. The minimum atomic E-state index is -3.69. The highest BCUT2D eigenvalue weighted by molar-refractivity contribution is 7.89. The van der Waals surface area contributed by atoms with E-state index in [0.717, 1.165) is 12.8 Å². The Hall–Kier alpha value is -2.98. The molecule has 196 valence electrons. The van der Waals surface area contributed by atoms with Crippen molar-refractivity contribution in [3.05, 3.63) is 36.4 Å².